The third-order valence-corrected chi connectivity index (χ3v) is 5.93. The van der Waals surface area contributed by atoms with Crippen molar-refractivity contribution < 1.29 is 14.3 Å². The number of halogens is 1. The van der Waals surface area contributed by atoms with Gasteiger partial charge in [0.2, 0.25) is 5.91 Å². The van der Waals surface area contributed by atoms with Gasteiger partial charge in [0.25, 0.3) is 0 Å². The Bertz CT molecular complexity index is 989. The Morgan fingerprint density at radius 1 is 1.29 bits per heavy atom. The number of amides is 3. The summed E-state index contributed by atoms with van der Waals surface area (Å²) in [6, 6.07) is 12.9. The molecule has 0 fully saturated rings. The number of rotatable bonds is 2. The molecule has 0 bridgehead atoms. The van der Waals surface area contributed by atoms with E-state index in [1.807, 2.05) is 47.4 Å². The van der Waals surface area contributed by atoms with Crippen molar-refractivity contribution in [1.29, 1.82) is 0 Å². The van der Waals surface area contributed by atoms with Crippen LogP contribution in [0.15, 0.2) is 51.9 Å². The summed E-state index contributed by atoms with van der Waals surface area (Å²) in [5, 5.41) is 2.99. The summed E-state index contributed by atoms with van der Waals surface area (Å²) >= 11 is 3.52. The minimum atomic E-state index is -0.366. The number of fused-ring (bicyclic) bond motifs is 3. The third-order valence-electron chi connectivity index (χ3n) is 5.31. The molecule has 7 heteroatoms. The summed E-state index contributed by atoms with van der Waals surface area (Å²) in [6.45, 7) is 2.57. The van der Waals surface area contributed by atoms with Gasteiger partial charge in [-0.1, -0.05) is 30.3 Å². The van der Waals surface area contributed by atoms with E-state index in [2.05, 4.69) is 26.2 Å². The number of nitrogens with one attached hydrogen (secondary N) is 1. The van der Waals surface area contributed by atoms with E-state index in [1.165, 1.54) is 0 Å². The van der Waals surface area contributed by atoms with Crippen LogP contribution in [0.25, 0.3) is 0 Å². The molecule has 28 heavy (non-hydrogen) atoms. The summed E-state index contributed by atoms with van der Waals surface area (Å²) in [4.78, 5) is 30.8. The highest BCUT2D eigenvalue weighted by Crippen LogP contribution is 2.36. The van der Waals surface area contributed by atoms with Crippen molar-refractivity contribution in [2.75, 3.05) is 13.7 Å². The molecule has 144 valence electrons. The molecule has 0 aromatic heterocycles. The molecule has 4 rings (SSSR count). The lowest BCUT2D eigenvalue weighted by Gasteiger charge is -2.34. The number of methoxy groups -OCH3 is 1. The zero-order valence-corrected chi connectivity index (χ0v) is 17.2. The van der Waals surface area contributed by atoms with Crippen molar-refractivity contribution in [3.05, 3.63) is 63.6 Å². The molecule has 2 aromatic carbocycles. The van der Waals surface area contributed by atoms with Crippen LogP contribution < -0.4 is 10.1 Å². The lowest BCUT2D eigenvalue weighted by atomic mass is 9.84. The van der Waals surface area contributed by atoms with Crippen molar-refractivity contribution in [3.63, 3.8) is 0 Å². The van der Waals surface area contributed by atoms with Gasteiger partial charge in [-0.15, -0.1) is 0 Å². The second kappa shape index (κ2) is 7.39. The Morgan fingerprint density at radius 2 is 2.07 bits per heavy atom. The zero-order valence-electron chi connectivity index (χ0n) is 15.6. The average Bonchev–Trinajstić information content (AvgIpc) is 2.84. The summed E-state index contributed by atoms with van der Waals surface area (Å²) in [7, 11) is 1.61. The van der Waals surface area contributed by atoms with Gasteiger partial charge in [0.1, 0.15) is 5.75 Å². The molecule has 2 unspecified atom stereocenters. The van der Waals surface area contributed by atoms with Crippen LogP contribution in [0, 0.1) is 5.92 Å². The van der Waals surface area contributed by atoms with Gasteiger partial charge in [-0.25, -0.2) is 4.79 Å². The third kappa shape index (κ3) is 3.30. The molecule has 2 aliphatic heterocycles. The van der Waals surface area contributed by atoms with Gasteiger partial charge in [-0.3, -0.25) is 4.79 Å². The van der Waals surface area contributed by atoms with E-state index >= 15 is 0 Å². The van der Waals surface area contributed by atoms with E-state index in [9.17, 15) is 9.59 Å². The first-order valence-electron chi connectivity index (χ1n) is 9.04. The fourth-order valence-corrected chi connectivity index (χ4v) is 4.47. The van der Waals surface area contributed by atoms with Crippen LogP contribution >= 0.6 is 15.9 Å². The van der Waals surface area contributed by atoms with Gasteiger partial charge in [0.05, 0.1) is 23.3 Å². The van der Waals surface area contributed by atoms with Crippen LogP contribution in [0.2, 0.25) is 0 Å². The second-order valence-electron chi connectivity index (χ2n) is 6.98. The standard InChI is InChI=1S/C21H20BrN3O3/c1-12(26)25-10-14-5-3-4-6-15(14)20-16(11-25)19(23-21(27)24-20)13-7-8-18(28-2)17(22)9-13/h3-9,16,19H,10-11H2,1-2H3,(H,23,27). The molecular weight excluding hydrogens is 422 g/mol. The number of urea groups is 1. The minimum Gasteiger partial charge on any atom is -0.496 e. The molecule has 2 atom stereocenters. The molecule has 0 spiro atoms. The molecule has 2 aromatic rings. The number of carbonyl (C=O) groups is 2. The van der Waals surface area contributed by atoms with Crippen LogP contribution in [-0.4, -0.2) is 36.2 Å². The molecule has 0 aliphatic carbocycles. The van der Waals surface area contributed by atoms with Gasteiger partial charge in [0, 0.05) is 31.5 Å². The first kappa shape index (κ1) is 18.7. The van der Waals surface area contributed by atoms with Crippen LogP contribution in [0.3, 0.4) is 0 Å². The van der Waals surface area contributed by atoms with Crippen molar-refractivity contribution in [1.82, 2.24) is 10.2 Å². The topological polar surface area (TPSA) is 71.0 Å². The normalized spacial score (nSPS) is 21.0. The van der Waals surface area contributed by atoms with E-state index in [4.69, 9.17) is 4.74 Å². The Labute approximate surface area is 171 Å². The lowest BCUT2D eigenvalue weighted by Crippen LogP contribution is -2.45. The highest BCUT2D eigenvalue weighted by Gasteiger charge is 2.39. The maximum absolute atomic E-state index is 12.4. The highest BCUT2D eigenvalue weighted by atomic mass is 79.9. The fourth-order valence-electron chi connectivity index (χ4n) is 3.92. The van der Waals surface area contributed by atoms with Gasteiger partial charge < -0.3 is 15.0 Å². The molecule has 0 saturated heterocycles. The number of ether oxygens (including phenoxy) is 1. The quantitative estimate of drug-likeness (QED) is 0.772. The van der Waals surface area contributed by atoms with E-state index < -0.39 is 0 Å². The SMILES string of the molecule is COc1ccc(C2NC(=O)N=C3c4ccccc4CN(C(C)=O)CC32)cc1Br. The summed E-state index contributed by atoms with van der Waals surface area (Å²) in [5.41, 5.74) is 3.60. The van der Waals surface area contributed by atoms with Gasteiger partial charge in [0.15, 0.2) is 0 Å². The summed E-state index contributed by atoms with van der Waals surface area (Å²) < 4.78 is 6.13. The number of carbonyl (C=O) groups excluding carboxylic acids is 2. The number of nitrogens with zero attached hydrogens (tertiary/aromatic N) is 2. The molecule has 0 radical (unpaired) electrons. The van der Waals surface area contributed by atoms with Crippen LogP contribution in [0.1, 0.15) is 29.7 Å². The van der Waals surface area contributed by atoms with E-state index in [1.54, 1.807) is 14.0 Å². The molecule has 1 N–H and O–H groups in total. The minimum absolute atomic E-state index is 0.00242. The van der Waals surface area contributed by atoms with Gasteiger partial charge >= 0.3 is 6.03 Å². The van der Waals surface area contributed by atoms with E-state index in [0.29, 0.717) is 13.1 Å². The first-order chi connectivity index (χ1) is 13.5. The number of benzene rings is 2. The second-order valence-corrected chi connectivity index (χ2v) is 7.84. The number of hydrogen-bond acceptors (Lipinski definition) is 3. The number of hydrogen-bond donors (Lipinski definition) is 1. The lowest BCUT2D eigenvalue weighted by molar-refractivity contribution is -0.129. The van der Waals surface area contributed by atoms with Crippen LogP contribution in [0.4, 0.5) is 4.79 Å². The Kier molecular flexibility index (Phi) is 4.93. The van der Waals surface area contributed by atoms with E-state index in [0.717, 1.165) is 32.6 Å². The summed E-state index contributed by atoms with van der Waals surface area (Å²) in [5.74, 6) is 0.574. The van der Waals surface area contributed by atoms with E-state index in [-0.39, 0.29) is 23.9 Å². The van der Waals surface area contributed by atoms with Crippen molar-refractivity contribution in [2.24, 2.45) is 10.9 Å². The van der Waals surface area contributed by atoms with Gasteiger partial charge in [-0.05, 0) is 39.2 Å². The first-order valence-corrected chi connectivity index (χ1v) is 9.83. The number of aliphatic imine (C=N–C) groups is 1. The van der Waals surface area contributed by atoms with Crippen LogP contribution in [-0.2, 0) is 11.3 Å². The van der Waals surface area contributed by atoms with Gasteiger partial charge in [-0.2, -0.15) is 4.99 Å². The molecule has 6 nitrogen and oxygen atoms in total. The molecule has 3 amide bonds. The molecule has 2 heterocycles. The highest BCUT2D eigenvalue weighted by molar-refractivity contribution is 9.10. The van der Waals surface area contributed by atoms with Crippen molar-refractivity contribution in [3.8, 4) is 5.75 Å². The molecule has 0 saturated carbocycles. The fraction of sp³-hybridized carbons (Fsp3) is 0.286. The maximum atomic E-state index is 12.4. The predicted molar refractivity (Wildman–Crippen MR) is 110 cm³/mol. The zero-order chi connectivity index (χ0) is 19.8. The Balaban J connectivity index is 1.83. The monoisotopic (exact) mass is 441 g/mol. The van der Waals surface area contributed by atoms with Crippen molar-refractivity contribution >= 4 is 33.6 Å². The average molecular weight is 442 g/mol. The molecule has 2 aliphatic rings. The largest absolute Gasteiger partial charge is 0.496 e. The van der Waals surface area contributed by atoms with Crippen molar-refractivity contribution in [2.45, 2.75) is 19.5 Å². The molecular formula is C21H20BrN3O3. The maximum Gasteiger partial charge on any atom is 0.341 e. The summed E-state index contributed by atoms with van der Waals surface area (Å²) in [6.07, 6.45) is 0. The Hall–Kier alpha value is -2.67. The smallest absolute Gasteiger partial charge is 0.341 e. The van der Waals surface area contributed by atoms with Crippen LogP contribution in [0.5, 0.6) is 5.75 Å². The predicted octanol–water partition coefficient (Wildman–Crippen LogP) is 3.69. The Morgan fingerprint density at radius 3 is 2.79 bits per heavy atom.